The largest absolute Gasteiger partial charge is 0.356 e. The molecule has 1 aromatic heterocycles. The van der Waals surface area contributed by atoms with Crippen LogP contribution in [0.15, 0.2) is 34.2 Å². The Kier molecular flexibility index (Phi) is 5.98. The van der Waals surface area contributed by atoms with Gasteiger partial charge in [-0.2, -0.15) is 4.31 Å². The van der Waals surface area contributed by atoms with Crippen molar-refractivity contribution in [2.75, 3.05) is 32.7 Å². The van der Waals surface area contributed by atoms with Crippen LogP contribution >= 0.6 is 0 Å². The summed E-state index contributed by atoms with van der Waals surface area (Å²) in [5.41, 5.74) is 1.38. The Balaban J connectivity index is 1.58. The summed E-state index contributed by atoms with van der Waals surface area (Å²) in [6.07, 6.45) is 1.83. The zero-order valence-corrected chi connectivity index (χ0v) is 16.6. The van der Waals surface area contributed by atoms with Crippen molar-refractivity contribution in [3.05, 3.63) is 41.2 Å². The van der Waals surface area contributed by atoms with Gasteiger partial charge in [-0.25, -0.2) is 12.8 Å². The molecule has 1 saturated heterocycles. The number of benzene rings is 1. The smallest absolute Gasteiger partial charge is 0.238 e. The molecule has 2 heterocycles. The molecule has 0 spiro atoms. The van der Waals surface area contributed by atoms with E-state index in [2.05, 4.69) is 16.6 Å². The number of fused-ring (bicyclic) bond motifs is 1. The number of aromatic nitrogens is 1. The van der Waals surface area contributed by atoms with Crippen molar-refractivity contribution in [2.24, 2.45) is 0 Å². The number of rotatable bonds is 7. The predicted octanol–water partition coefficient (Wildman–Crippen LogP) is 3.33. The maximum absolute atomic E-state index is 13.3. The van der Waals surface area contributed by atoms with Gasteiger partial charge in [0.1, 0.15) is 5.82 Å². The van der Waals surface area contributed by atoms with Crippen LogP contribution in [0.2, 0.25) is 0 Å². The van der Waals surface area contributed by atoms with E-state index >= 15 is 0 Å². The molecule has 0 amide bonds. The summed E-state index contributed by atoms with van der Waals surface area (Å²) in [6, 6.07) is 4.52. The topological polar surface area (TPSA) is 66.7 Å². The average molecular weight is 396 g/mol. The van der Waals surface area contributed by atoms with Crippen molar-refractivity contribution >= 4 is 21.0 Å². The van der Waals surface area contributed by atoms with E-state index in [1.807, 2.05) is 6.92 Å². The number of piperidine rings is 1. The van der Waals surface area contributed by atoms with Gasteiger partial charge in [-0.05, 0) is 45.0 Å². The molecule has 0 radical (unpaired) electrons. The molecule has 27 heavy (non-hydrogen) atoms. The monoisotopic (exact) mass is 395 g/mol. The third-order valence-corrected chi connectivity index (χ3v) is 7.24. The highest BCUT2D eigenvalue weighted by molar-refractivity contribution is 7.92. The Hall–Kier alpha value is -1.77. The highest BCUT2D eigenvalue weighted by atomic mass is 32.2. The van der Waals surface area contributed by atoms with Crippen LogP contribution in [-0.4, -0.2) is 55.5 Å². The second-order valence-corrected chi connectivity index (χ2v) is 9.19. The highest BCUT2D eigenvalue weighted by Crippen LogP contribution is 2.32. The van der Waals surface area contributed by atoms with Crippen LogP contribution in [0.1, 0.15) is 38.3 Å². The van der Waals surface area contributed by atoms with Crippen LogP contribution in [-0.2, 0) is 10.0 Å². The summed E-state index contributed by atoms with van der Waals surface area (Å²) in [5.74, 6) is -0.0559. The first-order valence-corrected chi connectivity index (χ1v) is 10.7. The molecule has 3 rings (SSSR count). The average Bonchev–Trinajstić information content (AvgIpc) is 3.05. The molecule has 1 aromatic carbocycles. The van der Waals surface area contributed by atoms with Gasteiger partial charge < -0.3 is 9.42 Å². The first-order valence-electron chi connectivity index (χ1n) is 9.25. The summed E-state index contributed by atoms with van der Waals surface area (Å²) in [6.45, 7) is 10.3. The number of sulfonamides is 1. The molecule has 0 N–H and O–H groups in total. The van der Waals surface area contributed by atoms with Gasteiger partial charge in [0.2, 0.25) is 10.0 Å². The van der Waals surface area contributed by atoms with Crippen molar-refractivity contribution < 1.29 is 17.3 Å². The summed E-state index contributed by atoms with van der Waals surface area (Å²) < 4.78 is 44.6. The molecule has 148 valence electrons. The third-order valence-electron chi connectivity index (χ3n) is 5.23. The normalized spacial score (nSPS) is 17.0. The molecule has 1 fully saturated rings. The first kappa shape index (κ1) is 20.0. The summed E-state index contributed by atoms with van der Waals surface area (Å²) in [7, 11) is -3.40. The van der Waals surface area contributed by atoms with Crippen LogP contribution < -0.4 is 0 Å². The maximum atomic E-state index is 13.3. The van der Waals surface area contributed by atoms with Gasteiger partial charge in [0.05, 0.1) is 5.69 Å². The number of hydrogen-bond donors (Lipinski definition) is 0. The zero-order valence-electron chi connectivity index (χ0n) is 15.8. The summed E-state index contributed by atoms with van der Waals surface area (Å²) >= 11 is 0. The number of halogens is 1. The molecule has 1 aliphatic heterocycles. The number of nitrogens with zero attached hydrogens (tertiary/aromatic N) is 3. The van der Waals surface area contributed by atoms with Crippen molar-refractivity contribution in [1.29, 1.82) is 0 Å². The molecular formula is C19H26FN3O3S. The number of hydrogen-bond acceptors (Lipinski definition) is 5. The van der Waals surface area contributed by atoms with E-state index in [4.69, 9.17) is 4.52 Å². The van der Waals surface area contributed by atoms with Gasteiger partial charge in [0.25, 0.3) is 0 Å². The number of likely N-dealkylation sites (N-methyl/N-ethyl adjacent to an activating group) is 1. The van der Waals surface area contributed by atoms with E-state index in [9.17, 15) is 12.8 Å². The van der Waals surface area contributed by atoms with Crippen molar-refractivity contribution in [1.82, 2.24) is 14.4 Å². The Labute approximate surface area is 159 Å². The maximum Gasteiger partial charge on any atom is 0.238 e. The van der Waals surface area contributed by atoms with E-state index in [1.165, 1.54) is 23.4 Å². The van der Waals surface area contributed by atoms with Gasteiger partial charge in [-0.3, -0.25) is 0 Å². The highest BCUT2D eigenvalue weighted by Gasteiger charge is 2.27. The predicted molar refractivity (Wildman–Crippen MR) is 103 cm³/mol. The Morgan fingerprint density at radius 1 is 1.41 bits per heavy atom. The van der Waals surface area contributed by atoms with Crippen molar-refractivity contribution in [3.8, 4) is 0 Å². The van der Waals surface area contributed by atoms with E-state index < -0.39 is 10.0 Å². The minimum absolute atomic E-state index is 0.178. The molecule has 0 unspecified atom stereocenters. The summed E-state index contributed by atoms with van der Waals surface area (Å²) in [5, 5.41) is 5.04. The second kappa shape index (κ2) is 8.08. The molecule has 6 nitrogen and oxygen atoms in total. The lowest BCUT2D eigenvalue weighted by Crippen LogP contribution is -2.41. The van der Waals surface area contributed by atoms with Crippen molar-refractivity contribution in [2.45, 2.75) is 32.6 Å². The molecule has 0 bridgehead atoms. The second-order valence-electron chi connectivity index (χ2n) is 7.02. The molecule has 0 atom stereocenters. The SMILES string of the molecule is C=C(C)S(=O)(=O)N(CC)CCN1CCC(c2noc3cc(F)ccc23)CC1. The molecular weight excluding hydrogens is 369 g/mol. The fraction of sp³-hybridized carbons (Fsp3) is 0.526. The Morgan fingerprint density at radius 3 is 2.74 bits per heavy atom. The lowest BCUT2D eigenvalue weighted by atomic mass is 9.91. The van der Waals surface area contributed by atoms with Crippen LogP contribution in [0.25, 0.3) is 11.0 Å². The summed E-state index contributed by atoms with van der Waals surface area (Å²) in [4.78, 5) is 2.45. The molecule has 0 saturated carbocycles. The first-order chi connectivity index (χ1) is 12.8. The third kappa shape index (κ3) is 4.23. The minimum Gasteiger partial charge on any atom is -0.356 e. The molecule has 2 aromatic rings. The molecule has 0 aliphatic carbocycles. The Bertz CT molecular complexity index is 917. The van der Waals surface area contributed by atoms with Crippen LogP contribution in [0.3, 0.4) is 0 Å². The van der Waals surface area contributed by atoms with Gasteiger partial charge in [-0.15, -0.1) is 0 Å². The van der Waals surface area contributed by atoms with Crippen LogP contribution in [0.5, 0.6) is 0 Å². The van der Waals surface area contributed by atoms with E-state index in [0.29, 0.717) is 25.2 Å². The van der Waals surface area contributed by atoms with Gasteiger partial charge in [-0.1, -0.05) is 18.7 Å². The van der Waals surface area contributed by atoms with Gasteiger partial charge in [0, 0.05) is 41.9 Å². The fourth-order valence-corrected chi connectivity index (χ4v) is 4.68. The van der Waals surface area contributed by atoms with E-state index in [1.54, 1.807) is 6.07 Å². The van der Waals surface area contributed by atoms with Crippen LogP contribution in [0.4, 0.5) is 4.39 Å². The van der Waals surface area contributed by atoms with E-state index in [-0.39, 0.29) is 16.6 Å². The zero-order chi connectivity index (χ0) is 19.6. The number of allylic oxidation sites excluding steroid dienone is 1. The number of likely N-dealkylation sites (tertiary alicyclic amines) is 1. The van der Waals surface area contributed by atoms with Crippen molar-refractivity contribution in [3.63, 3.8) is 0 Å². The minimum atomic E-state index is -3.40. The lowest BCUT2D eigenvalue weighted by molar-refractivity contribution is 0.198. The van der Waals surface area contributed by atoms with Crippen LogP contribution in [0, 0.1) is 5.82 Å². The fourth-order valence-electron chi connectivity index (χ4n) is 3.58. The molecule has 1 aliphatic rings. The lowest BCUT2D eigenvalue weighted by Gasteiger charge is -2.32. The Morgan fingerprint density at radius 2 is 2.11 bits per heavy atom. The standard InChI is InChI=1S/C19H26FN3O3S/c1-4-23(27(24,25)14(2)3)12-11-22-9-7-15(8-10-22)19-17-6-5-16(20)13-18(17)26-21-19/h5-6,13,15H,2,4,7-12H2,1,3H3. The van der Waals surface area contributed by atoms with E-state index in [0.717, 1.165) is 37.0 Å². The van der Waals surface area contributed by atoms with Gasteiger partial charge in [0.15, 0.2) is 5.58 Å². The quantitative estimate of drug-likeness (QED) is 0.719. The van der Waals surface area contributed by atoms with Gasteiger partial charge >= 0.3 is 0 Å². The molecule has 8 heteroatoms.